The van der Waals surface area contributed by atoms with Gasteiger partial charge < -0.3 is 9.75 Å². The first-order chi connectivity index (χ1) is 8.08. The molecule has 0 aromatic heterocycles. The van der Waals surface area contributed by atoms with Crippen LogP contribution in [0.5, 0.6) is 5.75 Å². The van der Waals surface area contributed by atoms with Crippen LogP contribution in [0.25, 0.3) is 0 Å². The van der Waals surface area contributed by atoms with E-state index in [1.165, 1.54) is 0 Å². The van der Waals surface area contributed by atoms with Gasteiger partial charge in [0.2, 0.25) is 0 Å². The van der Waals surface area contributed by atoms with Gasteiger partial charge in [-0.1, -0.05) is 12.1 Å². The van der Waals surface area contributed by atoms with Crippen molar-refractivity contribution < 1.29 is 4.74 Å². The van der Waals surface area contributed by atoms with Gasteiger partial charge in [-0.2, -0.15) is 10.4 Å². The van der Waals surface area contributed by atoms with Crippen LogP contribution in [0.15, 0.2) is 29.4 Å². The Labute approximate surface area is 102 Å². The standard InChI is InChI=1S/C13H17N3O/c1-10(15-16(2)3)13(9-14)11-5-7-12(17-4)8-6-11/h5-8,13H,1-4H3/b15-10+. The quantitative estimate of drug-likeness (QED) is 0.590. The van der Waals surface area contributed by atoms with Gasteiger partial charge in [0, 0.05) is 14.1 Å². The van der Waals surface area contributed by atoms with Crippen molar-refractivity contribution in [2.75, 3.05) is 21.2 Å². The number of nitrogens with zero attached hydrogens (tertiary/aromatic N) is 3. The molecule has 0 aliphatic carbocycles. The first kappa shape index (κ1) is 13.0. The second kappa shape index (κ2) is 5.90. The highest BCUT2D eigenvalue weighted by Crippen LogP contribution is 2.20. The van der Waals surface area contributed by atoms with Crippen LogP contribution in [-0.2, 0) is 0 Å². The van der Waals surface area contributed by atoms with Gasteiger partial charge in [0.1, 0.15) is 11.7 Å². The molecule has 1 aromatic carbocycles. The largest absolute Gasteiger partial charge is 0.497 e. The predicted molar refractivity (Wildman–Crippen MR) is 68.1 cm³/mol. The molecule has 1 unspecified atom stereocenters. The van der Waals surface area contributed by atoms with Crippen molar-refractivity contribution in [3.8, 4) is 11.8 Å². The second-order valence-electron chi connectivity index (χ2n) is 3.92. The van der Waals surface area contributed by atoms with Crippen LogP contribution in [0.4, 0.5) is 0 Å². The lowest BCUT2D eigenvalue weighted by molar-refractivity contribution is 0.414. The Bertz CT molecular complexity index is 429. The average Bonchev–Trinajstić information content (AvgIpc) is 2.30. The third-order valence-corrected chi connectivity index (χ3v) is 2.35. The summed E-state index contributed by atoms with van der Waals surface area (Å²) in [6.07, 6.45) is 0. The molecule has 0 bridgehead atoms. The number of hydrogen-bond acceptors (Lipinski definition) is 4. The highest BCUT2D eigenvalue weighted by Gasteiger charge is 2.14. The number of ether oxygens (including phenoxy) is 1. The molecule has 0 aliphatic heterocycles. The summed E-state index contributed by atoms with van der Waals surface area (Å²) >= 11 is 0. The van der Waals surface area contributed by atoms with Crippen molar-refractivity contribution in [3.63, 3.8) is 0 Å². The maximum atomic E-state index is 9.21. The van der Waals surface area contributed by atoms with Crippen molar-refractivity contribution in [2.24, 2.45) is 5.10 Å². The number of nitriles is 1. The van der Waals surface area contributed by atoms with Gasteiger partial charge in [0.25, 0.3) is 0 Å². The van der Waals surface area contributed by atoms with E-state index in [1.807, 2.05) is 45.3 Å². The van der Waals surface area contributed by atoms with Gasteiger partial charge in [0.05, 0.1) is 18.9 Å². The summed E-state index contributed by atoms with van der Waals surface area (Å²) in [4.78, 5) is 0. The van der Waals surface area contributed by atoms with E-state index in [4.69, 9.17) is 4.74 Å². The van der Waals surface area contributed by atoms with Gasteiger partial charge in [-0.15, -0.1) is 0 Å². The SMILES string of the molecule is COc1ccc(C(C#N)/C(C)=N/N(C)C)cc1. The smallest absolute Gasteiger partial charge is 0.118 e. The number of rotatable bonds is 4. The number of benzene rings is 1. The zero-order valence-corrected chi connectivity index (χ0v) is 10.6. The van der Waals surface area contributed by atoms with Crippen LogP contribution in [0.2, 0.25) is 0 Å². The zero-order valence-electron chi connectivity index (χ0n) is 10.6. The molecule has 4 nitrogen and oxygen atoms in total. The summed E-state index contributed by atoms with van der Waals surface area (Å²) < 4.78 is 5.09. The van der Waals surface area contributed by atoms with Gasteiger partial charge >= 0.3 is 0 Å². The zero-order chi connectivity index (χ0) is 12.8. The molecule has 0 heterocycles. The maximum absolute atomic E-state index is 9.21. The Morgan fingerprint density at radius 1 is 1.35 bits per heavy atom. The molecule has 0 spiro atoms. The normalized spacial score (nSPS) is 12.8. The van der Waals surface area contributed by atoms with Gasteiger partial charge in [-0.25, -0.2) is 0 Å². The summed E-state index contributed by atoms with van der Waals surface area (Å²) in [5.41, 5.74) is 1.71. The fourth-order valence-electron chi connectivity index (χ4n) is 1.58. The van der Waals surface area contributed by atoms with Crippen LogP contribution < -0.4 is 4.74 Å². The molecule has 0 amide bonds. The molecule has 0 radical (unpaired) electrons. The summed E-state index contributed by atoms with van der Waals surface area (Å²) in [7, 11) is 5.30. The topological polar surface area (TPSA) is 48.6 Å². The molecular formula is C13H17N3O. The van der Waals surface area contributed by atoms with E-state index < -0.39 is 0 Å². The van der Waals surface area contributed by atoms with E-state index in [-0.39, 0.29) is 5.92 Å². The predicted octanol–water partition coefficient (Wildman–Crippen LogP) is 2.24. The van der Waals surface area contributed by atoms with Gasteiger partial charge in [-0.05, 0) is 24.6 Å². The Kier molecular flexibility index (Phi) is 4.53. The fourth-order valence-corrected chi connectivity index (χ4v) is 1.58. The molecular weight excluding hydrogens is 214 g/mol. The fraction of sp³-hybridized carbons (Fsp3) is 0.385. The summed E-state index contributed by atoms with van der Waals surface area (Å²) in [5, 5.41) is 15.2. The first-order valence-corrected chi connectivity index (χ1v) is 5.34. The first-order valence-electron chi connectivity index (χ1n) is 5.34. The lowest BCUT2D eigenvalue weighted by Crippen LogP contribution is -2.13. The van der Waals surface area contributed by atoms with Crippen molar-refractivity contribution in [1.82, 2.24) is 5.01 Å². The van der Waals surface area contributed by atoms with E-state index in [0.717, 1.165) is 17.0 Å². The maximum Gasteiger partial charge on any atom is 0.118 e. The highest BCUT2D eigenvalue weighted by atomic mass is 16.5. The molecule has 0 aliphatic rings. The molecule has 90 valence electrons. The molecule has 0 fully saturated rings. The summed E-state index contributed by atoms with van der Waals surface area (Å²) in [6.45, 7) is 1.86. The van der Waals surface area contributed by atoms with Crippen LogP contribution in [0.3, 0.4) is 0 Å². The lowest BCUT2D eigenvalue weighted by atomic mass is 9.96. The van der Waals surface area contributed by atoms with E-state index in [9.17, 15) is 5.26 Å². The highest BCUT2D eigenvalue weighted by molar-refractivity contribution is 5.91. The Hall–Kier alpha value is -2.02. The molecule has 0 N–H and O–H groups in total. The van der Waals surface area contributed by atoms with Gasteiger partial charge in [0.15, 0.2) is 0 Å². The molecule has 0 saturated heterocycles. The molecule has 1 rings (SSSR count). The van der Waals surface area contributed by atoms with E-state index in [2.05, 4.69) is 11.2 Å². The summed E-state index contributed by atoms with van der Waals surface area (Å²) in [6, 6.07) is 9.74. The number of methoxy groups -OCH3 is 1. The Balaban J connectivity index is 2.98. The molecule has 17 heavy (non-hydrogen) atoms. The van der Waals surface area contributed by atoms with Crippen LogP contribution >= 0.6 is 0 Å². The molecule has 0 saturated carbocycles. The molecule has 4 heteroatoms. The minimum absolute atomic E-state index is 0.316. The van der Waals surface area contributed by atoms with E-state index in [0.29, 0.717) is 0 Å². The molecule has 1 atom stereocenters. The Morgan fingerprint density at radius 2 is 1.94 bits per heavy atom. The number of hydrazone groups is 1. The van der Waals surface area contributed by atoms with E-state index in [1.54, 1.807) is 12.1 Å². The van der Waals surface area contributed by atoms with Crippen molar-refractivity contribution in [3.05, 3.63) is 29.8 Å². The third-order valence-electron chi connectivity index (χ3n) is 2.35. The molecule has 1 aromatic rings. The van der Waals surface area contributed by atoms with Crippen LogP contribution in [0, 0.1) is 11.3 Å². The lowest BCUT2D eigenvalue weighted by Gasteiger charge is -2.12. The average molecular weight is 231 g/mol. The van der Waals surface area contributed by atoms with Crippen molar-refractivity contribution in [2.45, 2.75) is 12.8 Å². The van der Waals surface area contributed by atoms with Gasteiger partial charge in [-0.3, -0.25) is 0 Å². The third kappa shape index (κ3) is 3.49. The minimum Gasteiger partial charge on any atom is -0.497 e. The van der Waals surface area contributed by atoms with Crippen LogP contribution in [-0.4, -0.2) is 31.9 Å². The number of hydrogen-bond donors (Lipinski definition) is 0. The monoisotopic (exact) mass is 231 g/mol. The minimum atomic E-state index is -0.316. The summed E-state index contributed by atoms with van der Waals surface area (Å²) in [5.74, 6) is 0.468. The Morgan fingerprint density at radius 3 is 2.35 bits per heavy atom. The van der Waals surface area contributed by atoms with E-state index >= 15 is 0 Å². The van der Waals surface area contributed by atoms with Crippen molar-refractivity contribution in [1.29, 1.82) is 5.26 Å². The van der Waals surface area contributed by atoms with Crippen LogP contribution in [0.1, 0.15) is 18.4 Å². The second-order valence-corrected chi connectivity index (χ2v) is 3.92. The van der Waals surface area contributed by atoms with Crippen molar-refractivity contribution >= 4 is 5.71 Å².